The van der Waals surface area contributed by atoms with Crippen molar-refractivity contribution >= 4 is 23.1 Å². The molecule has 1 unspecified atom stereocenters. The molecule has 0 aliphatic rings. The van der Waals surface area contributed by atoms with Crippen LogP contribution in [0.1, 0.15) is 30.7 Å². The lowest BCUT2D eigenvalue weighted by Gasteiger charge is -2.10. The third-order valence-electron chi connectivity index (χ3n) is 2.23. The van der Waals surface area contributed by atoms with Crippen molar-refractivity contribution < 1.29 is 0 Å². The molecule has 92 valence electrons. The second kappa shape index (κ2) is 7.30. The number of nitrogens with one attached hydrogen (secondary N) is 1. The van der Waals surface area contributed by atoms with Crippen LogP contribution in [-0.2, 0) is 13.0 Å². The van der Waals surface area contributed by atoms with Crippen LogP contribution in [0.4, 0.5) is 0 Å². The summed E-state index contributed by atoms with van der Waals surface area (Å²) in [7, 11) is 0. The molecular weight excluding hydrogens is 236 g/mol. The van der Waals surface area contributed by atoms with Crippen molar-refractivity contribution in [2.75, 3.05) is 12.0 Å². The Bertz CT molecular complexity index is 297. The van der Waals surface area contributed by atoms with Crippen LogP contribution < -0.4 is 5.32 Å². The Morgan fingerprint density at radius 1 is 1.44 bits per heavy atom. The zero-order valence-electron chi connectivity index (χ0n) is 10.6. The van der Waals surface area contributed by atoms with E-state index in [1.54, 1.807) is 0 Å². The normalized spacial score (nSPS) is 13.3. The van der Waals surface area contributed by atoms with Crippen molar-refractivity contribution in [3.8, 4) is 0 Å². The molecule has 0 fully saturated rings. The first-order chi connectivity index (χ1) is 7.61. The van der Waals surface area contributed by atoms with Crippen molar-refractivity contribution in [2.24, 2.45) is 5.92 Å². The molecule has 0 spiro atoms. The van der Waals surface area contributed by atoms with Gasteiger partial charge in [0.25, 0.3) is 0 Å². The van der Waals surface area contributed by atoms with Crippen LogP contribution in [-0.4, -0.2) is 23.0 Å². The highest BCUT2D eigenvalue weighted by molar-refractivity contribution is 7.98. The number of hydrogen-bond acceptors (Lipinski definition) is 4. The quantitative estimate of drug-likeness (QED) is 0.813. The van der Waals surface area contributed by atoms with Crippen LogP contribution in [0.2, 0.25) is 0 Å². The average Bonchev–Trinajstić information content (AvgIpc) is 2.62. The summed E-state index contributed by atoms with van der Waals surface area (Å²) in [6.45, 7) is 7.66. The Morgan fingerprint density at radius 2 is 2.19 bits per heavy atom. The predicted octanol–water partition coefficient (Wildman–Crippen LogP) is 3.18. The molecule has 0 saturated carbocycles. The molecule has 1 N–H and O–H groups in total. The van der Waals surface area contributed by atoms with E-state index in [1.165, 1.54) is 9.88 Å². The van der Waals surface area contributed by atoms with Crippen molar-refractivity contribution in [3.63, 3.8) is 0 Å². The number of nitrogens with zero attached hydrogens (tertiary/aromatic N) is 1. The van der Waals surface area contributed by atoms with Crippen molar-refractivity contribution in [1.29, 1.82) is 0 Å². The van der Waals surface area contributed by atoms with E-state index in [9.17, 15) is 0 Å². The maximum Gasteiger partial charge on any atom is 0.0930 e. The van der Waals surface area contributed by atoms with Crippen LogP contribution in [0.15, 0.2) is 6.20 Å². The van der Waals surface area contributed by atoms with Gasteiger partial charge in [-0.2, -0.15) is 11.8 Å². The van der Waals surface area contributed by atoms with Gasteiger partial charge in [0.2, 0.25) is 0 Å². The Hall–Kier alpha value is -0.0600. The standard InChI is InChI=1S/C12H22N2S2/c1-9(2)5-12-14-7-11(16-12)6-13-10(3)8-15-4/h7,9-10,13H,5-6,8H2,1-4H3. The molecule has 0 aliphatic heterocycles. The third kappa shape index (κ3) is 5.32. The first-order valence-electron chi connectivity index (χ1n) is 5.77. The van der Waals surface area contributed by atoms with Crippen molar-refractivity contribution in [2.45, 2.75) is 39.8 Å². The van der Waals surface area contributed by atoms with Gasteiger partial charge in [0.05, 0.1) is 5.01 Å². The molecule has 0 bridgehead atoms. The summed E-state index contributed by atoms with van der Waals surface area (Å²) >= 11 is 3.72. The third-order valence-corrected chi connectivity index (χ3v) is 4.08. The molecule has 0 aliphatic carbocycles. The van der Waals surface area contributed by atoms with Gasteiger partial charge in [-0.3, -0.25) is 0 Å². The summed E-state index contributed by atoms with van der Waals surface area (Å²) < 4.78 is 0. The zero-order valence-corrected chi connectivity index (χ0v) is 12.3. The van der Waals surface area contributed by atoms with E-state index < -0.39 is 0 Å². The second-order valence-electron chi connectivity index (χ2n) is 4.56. The molecule has 1 rings (SSSR count). The highest BCUT2D eigenvalue weighted by Gasteiger charge is 2.05. The molecule has 0 amide bonds. The van der Waals surface area contributed by atoms with Gasteiger partial charge in [-0.25, -0.2) is 4.98 Å². The van der Waals surface area contributed by atoms with Gasteiger partial charge in [-0.1, -0.05) is 13.8 Å². The summed E-state index contributed by atoms with van der Waals surface area (Å²) in [4.78, 5) is 5.80. The fraction of sp³-hybridized carbons (Fsp3) is 0.750. The van der Waals surface area contributed by atoms with Gasteiger partial charge in [-0.15, -0.1) is 11.3 Å². The number of hydrogen-bond donors (Lipinski definition) is 1. The lowest BCUT2D eigenvalue weighted by Crippen LogP contribution is -2.27. The summed E-state index contributed by atoms with van der Waals surface area (Å²) in [5, 5.41) is 4.78. The minimum Gasteiger partial charge on any atom is -0.309 e. The second-order valence-corrected chi connectivity index (χ2v) is 6.67. The minimum absolute atomic E-state index is 0.575. The number of aromatic nitrogens is 1. The molecular formula is C12H22N2S2. The van der Waals surface area contributed by atoms with Crippen molar-refractivity contribution in [3.05, 3.63) is 16.1 Å². The largest absolute Gasteiger partial charge is 0.309 e. The summed E-state index contributed by atoms with van der Waals surface area (Å²) in [5.74, 6) is 1.86. The Labute approximate surface area is 107 Å². The Kier molecular flexibility index (Phi) is 6.39. The van der Waals surface area contributed by atoms with Crippen LogP contribution in [0.25, 0.3) is 0 Å². The van der Waals surface area contributed by atoms with Crippen LogP contribution >= 0.6 is 23.1 Å². The first-order valence-corrected chi connectivity index (χ1v) is 7.98. The van der Waals surface area contributed by atoms with E-state index in [4.69, 9.17) is 0 Å². The highest BCUT2D eigenvalue weighted by atomic mass is 32.2. The summed E-state index contributed by atoms with van der Waals surface area (Å²) in [5.41, 5.74) is 0. The van der Waals surface area contributed by atoms with E-state index >= 15 is 0 Å². The lowest BCUT2D eigenvalue weighted by molar-refractivity contribution is 0.600. The Balaban J connectivity index is 2.34. The molecule has 16 heavy (non-hydrogen) atoms. The predicted molar refractivity (Wildman–Crippen MR) is 75.3 cm³/mol. The highest BCUT2D eigenvalue weighted by Crippen LogP contribution is 2.16. The molecule has 0 aromatic carbocycles. The van der Waals surface area contributed by atoms with Gasteiger partial charge in [0, 0.05) is 35.8 Å². The maximum atomic E-state index is 4.45. The summed E-state index contributed by atoms with van der Waals surface area (Å²) in [6.07, 6.45) is 5.26. The van der Waals surface area contributed by atoms with E-state index in [2.05, 4.69) is 37.3 Å². The number of thiazole rings is 1. The molecule has 1 heterocycles. The fourth-order valence-electron chi connectivity index (χ4n) is 1.46. The SMILES string of the molecule is CSCC(C)NCc1cnc(CC(C)C)s1. The molecule has 1 aromatic rings. The lowest BCUT2D eigenvalue weighted by atomic mass is 10.1. The van der Waals surface area contributed by atoms with Gasteiger partial charge >= 0.3 is 0 Å². The Morgan fingerprint density at radius 3 is 2.81 bits per heavy atom. The topological polar surface area (TPSA) is 24.9 Å². The monoisotopic (exact) mass is 258 g/mol. The molecule has 2 nitrogen and oxygen atoms in total. The van der Waals surface area contributed by atoms with E-state index in [1.807, 2.05) is 29.3 Å². The first kappa shape index (κ1) is 14.0. The molecule has 1 atom stereocenters. The number of thioether (sulfide) groups is 1. The fourth-order valence-corrected chi connectivity index (χ4v) is 3.16. The van der Waals surface area contributed by atoms with Gasteiger partial charge in [-0.05, 0) is 19.1 Å². The van der Waals surface area contributed by atoms with Gasteiger partial charge < -0.3 is 5.32 Å². The van der Waals surface area contributed by atoms with Crippen LogP contribution in [0.5, 0.6) is 0 Å². The van der Waals surface area contributed by atoms with Crippen LogP contribution in [0.3, 0.4) is 0 Å². The van der Waals surface area contributed by atoms with Crippen molar-refractivity contribution in [1.82, 2.24) is 10.3 Å². The summed E-state index contributed by atoms with van der Waals surface area (Å²) in [6, 6.07) is 0.575. The number of rotatable bonds is 7. The maximum absolute atomic E-state index is 4.45. The smallest absolute Gasteiger partial charge is 0.0930 e. The molecule has 0 saturated heterocycles. The average molecular weight is 258 g/mol. The molecule has 0 radical (unpaired) electrons. The minimum atomic E-state index is 0.575. The molecule has 1 aromatic heterocycles. The molecule has 4 heteroatoms. The van der Waals surface area contributed by atoms with Gasteiger partial charge in [0.1, 0.15) is 0 Å². The van der Waals surface area contributed by atoms with Crippen LogP contribution in [0, 0.1) is 5.92 Å². The van der Waals surface area contributed by atoms with E-state index in [0.29, 0.717) is 12.0 Å². The zero-order chi connectivity index (χ0) is 12.0. The van der Waals surface area contributed by atoms with E-state index in [0.717, 1.165) is 18.7 Å². The van der Waals surface area contributed by atoms with E-state index in [-0.39, 0.29) is 0 Å². The van der Waals surface area contributed by atoms with Gasteiger partial charge in [0.15, 0.2) is 0 Å².